The summed E-state index contributed by atoms with van der Waals surface area (Å²) in [6.07, 6.45) is 3.40. The Morgan fingerprint density at radius 2 is 1.56 bits per heavy atom. The van der Waals surface area contributed by atoms with Crippen molar-refractivity contribution in [2.75, 3.05) is 33.8 Å². The molecule has 3 rings (SSSR count). The normalized spacial score (nSPS) is 11.6. The first kappa shape index (κ1) is 30.6. The fraction of sp³-hybridized carbons (Fsp3) is 0.367. The number of ether oxygens (including phenoxy) is 1. The van der Waals surface area contributed by atoms with Gasteiger partial charge in [-0.05, 0) is 98.8 Å². The Hall–Kier alpha value is -2.91. The Morgan fingerprint density at radius 3 is 2.23 bits per heavy atom. The van der Waals surface area contributed by atoms with Crippen LogP contribution in [0.2, 0.25) is 5.02 Å². The molecule has 3 aromatic rings. The summed E-state index contributed by atoms with van der Waals surface area (Å²) in [6.45, 7) is 1.83. The smallest absolute Gasteiger partial charge is 0.303 e. The number of hydrogen-bond acceptors (Lipinski definition) is 5. The minimum Gasteiger partial charge on any atom is -0.493 e. The zero-order valence-electron chi connectivity index (χ0n) is 22.5. The second kappa shape index (κ2) is 15.0. The molecule has 0 saturated carbocycles. The highest BCUT2D eigenvalue weighted by atomic mass is 35.5. The number of nitrogens with zero attached hydrogens (tertiary/aromatic N) is 1. The summed E-state index contributed by atoms with van der Waals surface area (Å²) in [5.41, 5.74) is 4.09. The number of benzene rings is 3. The lowest BCUT2D eigenvalue weighted by atomic mass is 9.96. The lowest BCUT2D eigenvalue weighted by molar-refractivity contribution is -0.136. The zero-order valence-corrected chi connectivity index (χ0v) is 24.1. The summed E-state index contributed by atoms with van der Waals surface area (Å²) >= 11 is 5.87. The van der Waals surface area contributed by atoms with Gasteiger partial charge in [0.15, 0.2) is 0 Å². The molecule has 0 spiro atoms. The van der Waals surface area contributed by atoms with E-state index >= 15 is 0 Å². The van der Waals surface area contributed by atoms with Crippen molar-refractivity contribution in [3.05, 3.63) is 94.0 Å². The lowest BCUT2D eigenvalue weighted by Gasteiger charge is -2.14. The fourth-order valence-electron chi connectivity index (χ4n) is 4.24. The van der Waals surface area contributed by atoms with Crippen molar-refractivity contribution in [1.82, 2.24) is 9.62 Å². The third kappa shape index (κ3) is 10.6. The number of nitrogens with one attached hydrogen (secondary N) is 1. The Bertz CT molecular complexity index is 1330. The minimum atomic E-state index is -3.66. The van der Waals surface area contributed by atoms with E-state index in [0.717, 1.165) is 53.8 Å². The van der Waals surface area contributed by atoms with Gasteiger partial charge in [0.2, 0.25) is 10.0 Å². The number of sulfonamides is 1. The maximum atomic E-state index is 12.6. The van der Waals surface area contributed by atoms with Crippen LogP contribution in [0.3, 0.4) is 0 Å². The van der Waals surface area contributed by atoms with E-state index in [1.54, 1.807) is 12.1 Å². The van der Waals surface area contributed by atoms with E-state index in [1.807, 2.05) is 44.4 Å². The lowest BCUT2D eigenvalue weighted by Crippen LogP contribution is -2.26. The first-order valence-corrected chi connectivity index (χ1v) is 14.9. The molecule has 0 aliphatic rings. The topological polar surface area (TPSA) is 95.9 Å². The average Bonchev–Trinajstić information content (AvgIpc) is 2.89. The predicted octanol–water partition coefficient (Wildman–Crippen LogP) is 4.99. The summed E-state index contributed by atoms with van der Waals surface area (Å²) in [5.74, 6) is 0.0353. The van der Waals surface area contributed by atoms with Crippen LogP contribution in [0, 0.1) is 0 Å². The van der Waals surface area contributed by atoms with Gasteiger partial charge >= 0.3 is 5.97 Å². The molecule has 0 atom stereocenters. The highest BCUT2D eigenvalue weighted by Crippen LogP contribution is 2.22. The van der Waals surface area contributed by atoms with Crippen molar-refractivity contribution >= 4 is 27.6 Å². The fourth-order valence-corrected chi connectivity index (χ4v) is 5.40. The van der Waals surface area contributed by atoms with Crippen molar-refractivity contribution in [3.63, 3.8) is 0 Å². The Balaban J connectivity index is 1.67. The molecular weight excluding hydrogens is 536 g/mol. The molecule has 0 amide bonds. The van der Waals surface area contributed by atoms with E-state index in [4.69, 9.17) is 21.4 Å². The molecule has 7 nitrogen and oxygen atoms in total. The molecule has 2 N–H and O–H groups in total. The first-order chi connectivity index (χ1) is 18.6. The van der Waals surface area contributed by atoms with Gasteiger partial charge in [-0.15, -0.1) is 0 Å². The van der Waals surface area contributed by atoms with E-state index < -0.39 is 16.0 Å². The average molecular weight is 573 g/mol. The molecule has 0 unspecified atom stereocenters. The molecule has 0 aromatic heterocycles. The molecule has 210 valence electrons. The monoisotopic (exact) mass is 572 g/mol. The first-order valence-electron chi connectivity index (χ1n) is 13.1. The van der Waals surface area contributed by atoms with Crippen LogP contribution in [-0.4, -0.2) is 58.2 Å². The van der Waals surface area contributed by atoms with E-state index in [9.17, 15) is 13.2 Å². The van der Waals surface area contributed by atoms with E-state index in [0.29, 0.717) is 24.5 Å². The van der Waals surface area contributed by atoms with Gasteiger partial charge in [0.05, 0.1) is 11.5 Å². The summed E-state index contributed by atoms with van der Waals surface area (Å²) in [7, 11) is 0.429. The number of aryl methyl sites for hydroxylation is 3. The SMILES string of the molecule is CN(C)CCCOc1ccccc1CCc1cc(CCNS(=O)(=O)c2ccc(Cl)cc2)cc(CCC(=O)O)c1. The molecule has 0 bridgehead atoms. The molecule has 0 fully saturated rings. The summed E-state index contributed by atoms with van der Waals surface area (Å²) in [4.78, 5) is 13.5. The second-order valence-electron chi connectivity index (χ2n) is 9.77. The van der Waals surface area contributed by atoms with Crippen molar-refractivity contribution in [2.24, 2.45) is 0 Å². The van der Waals surface area contributed by atoms with Gasteiger partial charge in [0.25, 0.3) is 0 Å². The zero-order chi connectivity index (χ0) is 28.3. The highest BCUT2D eigenvalue weighted by molar-refractivity contribution is 7.89. The van der Waals surface area contributed by atoms with Crippen LogP contribution in [0.15, 0.2) is 71.6 Å². The Kier molecular flexibility index (Phi) is 11.8. The van der Waals surface area contributed by atoms with Gasteiger partial charge in [0, 0.05) is 24.5 Å². The molecule has 3 aromatic carbocycles. The summed E-state index contributed by atoms with van der Waals surface area (Å²) < 4.78 is 34.0. The quantitative estimate of drug-likeness (QED) is 0.235. The largest absolute Gasteiger partial charge is 0.493 e. The van der Waals surface area contributed by atoms with Crippen LogP contribution >= 0.6 is 11.6 Å². The van der Waals surface area contributed by atoms with Crippen LogP contribution < -0.4 is 9.46 Å². The number of rotatable bonds is 16. The van der Waals surface area contributed by atoms with Gasteiger partial charge in [-0.2, -0.15) is 0 Å². The molecule has 0 aliphatic carbocycles. The number of aliphatic carboxylic acids is 1. The number of halogens is 1. The predicted molar refractivity (Wildman–Crippen MR) is 155 cm³/mol. The van der Waals surface area contributed by atoms with Crippen LogP contribution in [-0.2, 0) is 40.5 Å². The van der Waals surface area contributed by atoms with Gasteiger partial charge in [0.1, 0.15) is 5.75 Å². The van der Waals surface area contributed by atoms with Crippen molar-refractivity contribution in [1.29, 1.82) is 0 Å². The summed E-state index contributed by atoms with van der Waals surface area (Å²) in [6, 6.07) is 20.1. The molecule has 0 heterocycles. The second-order valence-corrected chi connectivity index (χ2v) is 12.0. The standard InChI is InChI=1S/C30H37ClN2O5S/c1-33(2)18-5-19-38-29-7-4-3-6-26(29)10-8-23-20-24(9-15-30(34)35)22-25(21-23)16-17-32-39(36,37)28-13-11-27(31)12-14-28/h3-4,6-7,11-14,20-22,32H,5,8-10,15-19H2,1-2H3,(H,34,35). The van der Waals surface area contributed by atoms with E-state index in [1.165, 1.54) is 12.1 Å². The van der Waals surface area contributed by atoms with Gasteiger partial charge in [-0.1, -0.05) is 48.0 Å². The Labute approximate surface area is 236 Å². The van der Waals surface area contributed by atoms with Crippen LogP contribution in [0.25, 0.3) is 0 Å². The third-order valence-electron chi connectivity index (χ3n) is 6.23. The molecule has 0 aliphatic heterocycles. The number of para-hydroxylation sites is 1. The van der Waals surface area contributed by atoms with E-state index in [2.05, 4.69) is 21.8 Å². The van der Waals surface area contributed by atoms with Gasteiger partial charge < -0.3 is 14.7 Å². The van der Waals surface area contributed by atoms with Gasteiger partial charge in [-0.25, -0.2) is 13.1 Å². The molecular formula is C30H37ClN2O5S. The van der Waals surface area contributed by atoms with Crippen molar-refractivity contribution < 1.29 is 23.1 Å². The van der Waals surface area contributed by atoms with Crippen molar-refractivity contribution in [2.45, 2.75) is 43.4 Å². The minimum absolute atomic E-state index is 0.0374. The third-order valence-corrected chi connectivity index (χ3v) is 7.96. The molecule has 9 heteroatoms. The molecule has 0 saturated heterocycles. The number of carbonyl (C=O) groups is 1. The van der Waals surface area contributed by atoms with Crippen LogP contribution in [0.1, 0.15) is 35.1 Å². The number of carboxylic acids is 1. The van der Waals surface area contributed by atoms with Crippen LogP contribution in [0.4, 0.5) is 0 Å². The summed E-state index contributed by atoms with van der Waals surface area (Å²) in [5, 5.41) is 9.64. The molecule has 0 radical (unpaired) electrons. The van der Waals surface area contributed by atoms with Crippen molar-refractivity contribution in [3.8, 4) is 5.75 Å². The van der Waals surface area contributed by atoms with E-state index in [-0.39, 0.29) is 17.9 Å². The maximum absolute atomic E-state index is 12.6. The molecule has 39 heavy (non-hydrogen) atoms. The Morgan fingerprint density at radius 1 is 0.923 bits per heavy atom. The highest BCUT2D eigenvalue weighted by Gasteiger charge is 2.14. The van der Waals surface area contributed by atoms with Crippen LogP contribution in [0.5, 0.6) is 5.75 Å². The van der Waals surface area contributed by atoms with Gasteiger partial charge in [-0.3, -0.25) is 4.79 Å². The maximum Gasteiger partial charge on any atom is 0.303 e. The number of hydrogen-bond donors (Lipinski definition) is 2. The number of carboxylic acid groups (broad SMARTS) is 1.